The van der Waals surface area contributed by atoms with Gasteiger partial charge in [0, 0.05) is 18.1 Å². The minimum absolute atomic E-state index is 0.0305. The zero-order valence-corrected chi connectivity index (χ0v) is 12.4. The van der Waals surface area contributed by atoms with E-state index in [1.54, 1.807) is 4.90 Å². The largest absolute Gasteiger partial charge is 0.333 e. The highest BCUT2D eigenvalue weighted by Crippen LogP contribution is 2.18. The second-order valence-corrected chi connectivity index (χ2v) is 5.13. The predicted molar refractivity (Wildman–Crippen MR) is 82.9 cm³/mol. The van der Waals surface area contributed by atoms with Crippen LogP contribution in [0.3, 0.4) is 0 Å². The Hall–Kier alpha value is -1.51. The van der Waals surface area contributed by atoms with E-state index in [0.29, 0.717) is 18.1 Å². The van der Waals surface area contributed by atoms with E-state index in [-0.39, 0.29) is 11.8 Å². The molecule has 1 amide bonds. The normalized spacial score (nSPS) is 10.3. The van der Waals surface area contributed by atoms with Crippen LogP contribution in [-0.4, -0.2) is 16.7 Å². The molecule has 0 unspecified atom stereocenters. The van der Waals surface area contributed by atoms with Gasteiger partial charge in [0.15, 0.2) is 0 Å². The van der Waals surface area contributed by atoms with Gasteiger partial charge in [-0.3, -0.25) is 4.79 Å². The Morgan fingerprint density at radius 1 is 0.950 bits per heavy atom. The van der Waals surface area contributed by atoms with Gasteiger partial charge in [-0.05, 0) is 17.2 Å². The Balaban J connectivity index is 2.16. The van der Waals surface area contributed by atoms with Crippen LogP contribution in [-0.2, 0) is 17.9 Å². The summed E-state index contributed by atoms with van der Waals surface area (Å²) in [5.41, 5.74) is 1.99. The van der Waals surface area contributed by atoms with E-state index >= 15 is 0 Å². The van der Waals surface area contributed by atoms with Crippen molar-refractivity contribution in [1.82, 2.24) is 4.90 Å². The van der Waals surface area contributed by atoms with Crippen molar-refractivity contribution in [1.29, 1.82) is 0 Å². The maximum Gasteiger partial charge on any atom is 0.238 e. The molecule has 0 atom stereocenters. The predicted octanol–water partition coefficient (Wildman–Crippen LogP) is 4.11. The van der Waals surface area contributed by atoms with Gasteiger partial charge in [0.2, 0.25) is 5.91 Å². The first kappa shape index (κ1) is 14.9. The molecule has 0 aliphatic heterocycles. The number of alkyl halides is 1. The molecule has 0 aliphatic carbocycles. The SMILES string of the molecule is O=C(CCl)N(Cc1ccccc1)Cc1ccccc1Cl. The maximum absolute atomic E-state index is 12.0. The van der Waals surface area contributed by atoms with Crippen molar-refractivity contribution in [2.45, 2.75) is 13.1 Å². The summed E-state index contributed by atoms with van der Waals surface area (Å²) in [4.78, 5) is 13.7. The first-order chi connectivity index (χ1) is 9.70. The number of halogens is 2. The van der Waals surface area contributed by atoms with Crippen LogP contribution in [0, 0.1) is 0 Å². The van der Waals surface area contributed by atoms with Gasteiger partial charge in [0.25, 0.3) is 0 Å². The molecule has 0 N–H and O–H groups in total. The highest BCUT2D eigenvalue weighted by molar-refractivity contribution is 6.31. The summed E-state index contributed by atoms with van der Waals surface area (Å²) >= 11 is 11.8. The van der Waals surface area contributed by atoms with Gasteiger partial charge in [0.05, 0.1) is 0 Å². The van der Waals surface area contributed by atoms with Crippen LogP contribution >= 0.6 is 23.2 Å². The summed E-state index contributed by atoms with van der Waals surface area (Å²) in [5.74, 6) is -0.132. The number of hydrogen-bond acceptors (Lipinski definition) is 1. The Labute approximate surface area is 128 Å². The number of nitrogens with zero attached hydrogens (tertiary/aromatic N) is 1. The van der Waals surface area contributed by atoms with Crippen molar-refractivity contribution in [2.75, 3.05) is 5.88 Å². The van der Waals surface area contributed by atoms with Gasteiger partial charge in [-0.15, -0.1) is 11.6 Å². The molecular formula is C16H15Cl2NO. The number of amides is 1. The molecule has 0 spiro atoms. The van der Waals surface area contributed by atoms with E-state index in [9.17, 15) is 4.79 Å². The highest BCUT2D eigenvalue weighted by Gasteiger charge is 2.14. The maximum atomic E-state index is 12.0. The Bertz CT molecular complexity index is 572. The Morgan fingerprint density at radius 2 is 1.60 bits per heavy atom. The lowest BCUT2D eigenvalue weighted by Crippen LogP contribution is -2.31. The standard InChI is InChI=1S/C16H15Cl2NO/c17-10-16(20)19(11-13-6-2-1-3-7-13)12-14-8-4-5-9-15(14)18/h1-9H,10-12H2. The zero-order chi connectivity index (χ0) is 14.4. The molecule has 0 saturated heterocycles. The van der Waals surface area contributed by atoms with Crippen molar-refractivity contribution in [3.63, 3.8) is 0 Å². The first-order valence-corrected chi connectivity index (χ1v) is 7.23. The number of hydrogen-bond donors (Lipinski definition) is 0. The molecule has 4 heteroatoms. The molecule has 20 heavy (non-hydrogen) atoms. The van der Waals surface area contributed by atoms with Gasteiger partial charge in [-0.25, -0.2) is 0 Å². The summed E-state index contributed by atoms with van der Waals surface area (Å²) in [6.45, 7) is 0.984. The van der Waals surface area contributed by atoms with Gasteiger partial charge >= 0.3 is 0 Å². The smallest absolute Gasteiger partial charge is 0.238 e. The topological polar surface area (TPSA) is 20.3 Å². The van der Waals surface area contributed by atoms with E-state index < -0.39 is 0 Å². The van der Waals surface area contributed by atoms with Crippen LogP contribution in [0.1, 0.15) is 11.1 Å². The summed E-state index contributed by atoms with van der Waals surface area (Å²) in [6, 6.07) is 17.4. The fraction of sp³-hybridized carbons (Fsp3) is 0.188. The monoisotopic (exact) mass is 307 g/mol. The molecule has 0 saturated carbocycles. The highest BCUT2D eigenvalue weighted by atomic mass is 35.5. The minimum Gasteiger partial charge on any atom is -0.333 e. The van der Waals surface area contributed by atoms with Crippen LogP contribution in [0.2, 0.25) is 5.02 Å². The quantitative estimate of drug-likeness (QED) is 0.761. The fourth-order valence-corrected chi connectivity index (χ4v) is 2.32. The second-order valence-electron chi connectivity index (χ2n) is 4.46. The van der Waals surface area contributed by atoms with E-state index in [1.165, 1.54) is 0 Å². The third-order valence-electron chi connectivity index (χ3n) is 3.00. The van der Waals surface area contributed by atoms with Crippen molar-refractivity contribution < 1.29 is 4.79 Å². The van der Waals surface area contributed by atoms with Gasteiger partial charge in [-0.1, -0.05) is 60.1 Å². The summed E-state index contributed by atoms with van der Waals surface area (Å²) in [7, 11) is 0. The average molecular weight is 308 g/mol. The van der Waals surface area contributed by atoms with E-state index in [0.717, 1.165) is 11.1 Å². The molecule has 0 radical (unpaired) electrons. The minimum atomic E-state index is -0.101. The number of benzene rings is 2. The van der Waals surface area contributed by atoms with E-state index in [4.69, 9.17) is 23.2 Å². The van der Waals surface area contributed by atoms with Crippen molar-refractivity contribution in [3.8, 4) is 0 Å². The van der Waals surface area contributed by atoms with Crippen molar-refractivity contribution in [2.24, 2.45) is 0 Å². The summed E-state index contributed by atoms with van der Waals surface area (Å²) < 4.78 is 0. The van der Waals surface area contributed by atoms with Crippen LogP contribution in [0.5, 0.6) is 0 Å². The van der Waals surface area contributed by atoms with Gasteiger partial charge < -0.3 is 4.90 Å². The average Bonchev–Trinajstić information content (AvgIpc) is 2.49. The second kappa shape index (κ2) is 7.32. The lowest BCUT2D eigenvalue weighted by molar-refractivity contribution is -0.129. The molecule has 0 fully saturated rings. The molecule has 2 rings (SSSR count). The van der Waals surface area contributed by atoms with Gasteiger partial charge in [0.1, 0.15) is 5.88 Å². The third-order valence-corrected chi connectivity index (χ3v) is 3.60. The summed E-state index contributed by atoms with van der Waals surface area (Å²) in [5, 5.41) is 0.660. The van der Waals surface area contributed by atoms with E-state index in [1.807, 2.05) is 54.6 Å². The molecule has 2 aromatic carbocycles. The number of carbonyl (C=O) groups is 1. The molecule has 2 aromatic rings. The lowest BCUT2D eigenvalue weighted by atomic mass is 10.1. The van der Waals surface area contributed by atoms with Crippen molar-refractivity contribution in [3.05, 3.63) is 70.7 Å². The molecule has 0 bridgehead atoms. The van der Waals surface area contributed by atoms with Crippen LogP contribution in [0.25, 0.3) is 0 Å². The fourth-order valence-electron chi connectivity index (χ4n) is 1.95. The van der Waals surface area contributed by atoms with Crippen LogP contribution in [0.15, 0.2) is 54.6 Å². The first-order valence-electron chi connectivity index (χ1n) is 6.32. The molecule has 2 nitrogen and oxygen atoms in total. The number of carbonyl (C=O) groups excluding carboxylic acids is 1. The third kappa shape index (κ3) is 3.99. The Kier molecular flexibility index (Phi) is 5.45. The zero-order valence-electron chi connectivity index (χ0n) is 10.9. The van der Waals surface area contributed by atoms with E-state index in [2.05, 4.69) is 0 Å². The molecular weight excluding hydrogens is 293 g/mol. The molecule has 0 heterocycles. The van der Waals surface area contributed by atoms with Gasteiger partial charge in [-0.2, -0.15) is 0 Å². The molecule has 104 valence electrons. The van der Waals surface area contributed by atoms with Crippen LogP contribution < -0.4 is 0 Å². The van der Waals surface area contributed by atoms with Crippen LogP contribution in [0.4, 0.5) is 0 Å². The molecule has 0 aliphatic rings. The number of rotatable bonds is 5. The van der Waals surface area contributed by atoms with Crippen molar-refractivity contribution >= 4 is 29.1 Å². The summed E-state index contributed by atoms with van der Waals surface area (Å²) in [6.07, 6.45) is 0. The lowest BCUT2D eigenvalue weighted by Gasteiger charge is -2.22. The molecule has 0 aromatic heterocycles. The Morgan fingerprint density at radius 3 is 2.25 bits per heavy atom.